The standard InChI is InChI=1S/C12H15FO2/c1-15-10-3-2-9(11(13)8-10)4-5-12(14)6-7-12/h2-3,8,14H,4-7H2,1H3. The van der Waals surface area contributed by atoms with Gasteiger partial charge in [-0.1, -0.05) is 6.07 Å². The Morgan fingerprint density at radius 1 is 1.47 bits per heavy atom. The van der Waals surface area contributed by atoms with Crippen LogP contribution in [0.25, 0.3) is 0 Å². The number of aliphatic hydroxyl groups is 1. The maximum atomic E-state index is 13.5. The number of benzene rings is 1. The van der Waals surface area contributed by atoms with E-state index in [1.165, 1.54) is 13.2 Å². The summed E-state index contributed by atoms with van der Waals surface area (Å²) >= 11 is 0. The summed E-state index contributed by atoms with van der Waals surface area (Å²) in [4.78, 5) is 0. The van der Waals surface area contributed by atoms with Crippen LogP contribution < -0.4 is 4.74 Å². The van der Waals surface area contributed by atoms with Crippen molar-refractivity contribution in [2.24, 2.45) is 0 Å². The van der Waals surface area contributed by atoms with E-state index in [1.807, 2.05) is 0 Å². The minimum Gasteiger partial charge on any atom is -0.497 e. The molecule has 1 aliphatic rings. The Balaban J connectivity index is 2.01. The Morgan fingerprint density at radius 2 is 2.20 bits per heavy atom. The van der Waals surface area contributed by atoms with Crippen LogP contribution in [0.3, 0.4) is 0 Å². The van der Waals surface area contributed by atoms with Crippen molar-refractivity contribution >= 4 is 0 Å². The number of methoxy groups -OCH3 is 1. The summed E-state index contributed by atoms with van der Waals surface area (Å²) in [7, 11) is 1.52. The third kappa shape index (κ3) is 2.48. The summed E-state index contributed by atoms with van der Waals surface area (Å²) in [6, 6.07) is 4.85. The van der Waals surface area contributed by atoms with Gasteiger partial charge in [-0.15, -0.1) is 0 Å². The molecule has 0 bridgehead atoms. The minimum absolute atomic E-state index is 0.251. The van der Waals surface area contributed by atoms with Gasteiger partial charge in [-0.3, -0.25) is 0 Å². The molecule has 0 spiro atoms. The average molecular weight is 210 g/mol. The van der Waals surface area contributed by atoms with Gasteiger partial charge in [0.25, 0.3) is 0 Å². The van der Waals surface area contributed by atoms with Crippen molar-refractivity contribution in [3.05, 3.63) is 29.6 Å². The zero-order valence-electron chi connectivity index (χ0n) is 8.79. The molecule has 1 saturated carbocycles. The zero-order valence-corrected chi connectivity index (χ0v) is 8.79. The lowest BCUT2D eigenvalue weighted by Gasteiger charge is -2.08. The first-order chi connectivity index (χ1) is 7.13. The first-order valence-corrected chi connectivity index (χ1v) is 5.18. The molecule has 0 unspecified atom stereocenters. The van der Waals surface area contributed by atoms with Crippen molar-refractivity contribution in [1.82, 2.24) is 0 Å². The van der Waals surface area contributed by atoms with Gasteiger partial charge in [0.2, 0.25) is 0 Å². The normalized spacial score (nSPS) is 17.5. The number of hydrogen-bond donors (Lipinski definition) is 1. The van der Waals surface area contributed by atoms with E-state index < -0.39 is 5.60 Å². The second-order valence-corrected chi connectivity index (χ2v) is 4.18. The topological polar surface area (TPSA) is 29.5 Å². The molecule has 1 aliphatic carbocycles. The smallest absolute Gasteiger partial charge is 0.130 e. The van der Waals surface area contributed by atoms with E-state index in [0.29, 0.717) is 24.2 Å². The fraction of sp³-hybridized carbons (Fsp3) is 0.500. The highest BCUT2D eigenvalue weighted by Gasteiger charge is 2.39. The highest BCUT2D eigenvalue weighted by Crippen LogP contribution is 2.39. The second-order valence-electron chi connectivity index (χ2n) is 4.18. The average Bonchev–Trinajstić information content (AvgIpc) is 2.95. The predicted molar refractivity (Wildman–Crippen MR) is 55.5 cm³/mol. The Bertz CT molecular complexity index is 359. The van der Waals surface area contributed by atoms with Crippen molar-refractivity contribution in [1.29, 1.82) is 0 Å². The van der Waals surface area contributed by atoms with Gasteiger partial charge in [0.05, 0.1) is 12.7 Å². The number of hydrogen-bond acceptors (Lipinski definition) is 2. The molecular weight excluding hydrogens is 195 g/mol. The van der Waals surface area contributed by atoms with Crippen LogP contribution in [0.4, 0.5) is 4.39 Å². The summed E-state index contributed by atoms with van der Waals surface area (Å²) in [5.41, 5.74) is 0.142. The summed E-state index contributed by atoms with van der Waals surface area (Å²) in [5, 5.41) is 9.63. The van der Waals surface area contributed by atoms with Gasteiger partial charge in [0.1, 0.15) is 11.6 Å². The largest absolute Gasteiger partial charge is 0.497 e. The van der Waals surface area contributed by atoms with Crippen LogP contribution in [0.1, 0.15) is 24.8 Å². The monoisotopic (exact) mass is 210 g/mol. The van der Waals surface area contributed by atoms with Crippen molar-refractivity contribution in [3.63, 3.8) is 0 Å². The molecule has 1 fully saturated rings. The van der Waals surface area contributed by atoms with E-state index in [-0.39, 0.29) is 5.82 Å². The Labute approximate surface area is 88.7 Å². The number of rotatable bonds is 4. The van der Waals surface area contributed by atoms with Crippen molar-refractivity contribution in [3.8, 4) is 5.75 Å². The highest BCUT2D eigenvalue weighted by atomic mass is 19.1. The van der Waals surface area contributed by atoms with Crippen LogP contribution in [0.2, 0.25) is 0 Å². The van der Waals surface area contributed by atoms with Gasteiger partial charge in [-0.25, -0.2) is 4.39 Å². The molecule has 0 heterocycles. The van der Waals surface area contributed by atoms with Crippen LogP contribution >= 0.6 is 0 Å². The van der Waals surface area contributed by atoms with Crippen LogP contribution in [0.5, 0.6) is 5.75 Å². The number of halogens is 1. The lowest BCUT2D eigenvalue weighted by atomic mass is 10.1. The minimum atomic E-state index is -0.508. The molecule has 3 heteroatoms. The van der Waals surface area contributed by atoms with Gasteiger partial charge in [-0.05, 0) is 37.3 Å². The summed E-state index contributed by atoms with van der Waals surface area (Å²) in [5.74, 6) is 0.278. The van der Waals surface area contributed by atoms with E-state index in [9.17, 15) is 9.50 Å². The molecule has 0 aromatic heterocycles. The molecule has 0 aliphatic heterocycles. The molecule has 0 saturated heterocycles. The maximum Gasteiger partial charge on any atom is 0.130 e. The fourth-order valence-corrected chi connectivity index (χ4v) is 1.62. The molecule has 0 atom stereocenters. The van der Waals surface area contributed by atoms with Gasteiger partial charge in [0, 0.05) is 6.07 Å². The Kier molecular flexibility index (Phi) is 2.65. The molecule has 1 N–H and O–H groups in total. The van der Waals surface area contributed by atoms with Crippen LogP contribution in [0, 0.1) is 5.82 Å². The third-order valence-corrected chi connectivity index (χ3v) is 2.95. The van der Waals surface area contributed by atoms with E-state index in [4.69, 9.17) is 4.74 Å². The lowest BCUT2D eigenvalue weighted by molar-refractivity contribution is 0.140. The molecule has 0 radical (unpaired) electrons. The highest BCUT2D eigenvalue weighted by molar-refractivity contribution is 5.29. The van der Waals surface area contributed by atoms with Gasteiger partial charge in [-0.2, -0.15) is 0 Å². The zero-order chi connectivity index (χ0) is 10.9. The fourth-order valence-electron chi connectivity index (χ4n) is 1.62. The third-order valence-electron chi connectivity index (χ3n) is 2.95. The molecule has 2 rings (SSSR count). The van der Waals surface area contributed by atoms with E-state index in [1.54, 1.807) is 12.1 Å². The quantitative estimate of drug-likeness (QED) is 0.826. The molecule has 0 amide bonds. The Morgan fingerprint density at radius 3 is 2.73 bits per heavy atom. The van der Waals surface area contributed by atoms with Crippen molar-refractivity contribution < 1.29 is 14.2 Å². The number of ether oxygens (including phenoxy) is 1. The first kappa shape index (κ1) is 10.4. The molecule has 2 nitrogen and oxygen atoms in total. The van der Waals surface area contributed by atoms with Crippen molar-refractivity contribution in [2.45, 2.75) is 31.3 Å². The van der Waals surface area contributed by atoms with Gasteiger partial charge >= 0.3 is 0 Å². The Hall–Kier alpha value is -1.09. The molecular formula is C12H15FO2. The number of aryl methyl sites for hydroxylation is 1. The van der Waals surface area contributed by atoms with Crippen molar-refractivity contribution in [2.75, 3.05) is 7.11 Å². The lowest BCUT2D eigenvalue weighted by Crippen LogP contribution is -2.08. The van der Waals surface area contributed by atoms with Gasteiger partial charge in [0.15, 0.2) is 0 Å². The van der Waals surface area contributed by atoms with E-state index in [2.05, 4.69) is 0 Å². The first-order valence-electron chi connectivity index (χ1n) is 5.18. The summed E-state index contributed by atoms with van der Waals surface area (Å²) in [6.45, 7) is 0. The molecule has 15 heavy (non-hydrogen) atoms. The SMILES string of the molecule is COc1ccc(CCC2(O)CC2)c(F)c1. The van der Waals surface area contributed by atoms with E-state index >= 15 is 0 Å². The summed E-state index contributed by atoms with van der Waals surface area (Å²) < 4.78 is 18.4. The molecule has 1 aromatic rings. The molecule has 82 valence electrons. The van der Waals surface area contributed by atoms with Gasteiger partial charge < -0.3 is 9.84 Å². The molecule has 1 aromatic carbocycles. The van der Waals surface area contributed by atoms with Crippen LogP contribution in [-0.2, 0) is 6.42 Å². The maximum absolute atomic E-state index is 13.5. The van der Waals surface area contributed by atoms with E-state index in [0.717, 1.165) is 12.8 Å². The predicted octanol–water partition coefficient (Wildman–Crippen LogP) is 2.29. The summed E-state index contributed by atoms with van der Waals surface area (Å²) in [6.07, 6.45) is 2.94. The van der Waals surface area contributed by atoms with Crippen LogP contribution in [0.15, 0.2) is 18.2 Å². The van der Waals surface area contributed by atoms with Crippen LogP contribution in [-0.4, -0.2) is 17.8 Å². The second kappa shape index (κ2) is 3.81.